The van der Waals surface area contributed by atoms with E-state index in [4.69, 9.17) is 10.3 Å². The molecular formula is C15H12BrN3O. The highest BCUT2D eigenvalue weighted by Gasteiger charge is 2.13. The number of nitrogens with two attached hydrogens (primary N) is 1. The van der Waals surface area contributed by atoms with Crippen molar-refractivity contribution in [2.45, 2.75) is 6.92 Å². The van der Waals surface area contributed by atoms with Gasteiger partial charge in [0.25, 0.3) is 5.89 Å². The average Bonchev–Trinajstić information content (AvgIpc) is 2.92. The summed E-state index contributed by atoms with van der Waals surface area (Å²) in [5, 5.41) is 4.02. The second-order valence-corrected chi connectivity index (χ2v) is 5.38. The molecule has 0 radical (unpaired) electrons. The molecule has 0 fully saturated rings. The molecule has 0 spiro atoms. The summed E-state index contributed by atoms with van der Waals surface area (Å²) >= 11 is 3.50. The number of halogens is 1. The summed E-state index contributed by atoms with van der Waals surface area (Å²) in [5.41, 5.74) is 9.27. The van der Waals surface area contributed by atoms with Gasteiger partial charge in [0.05, 0.1) is 5.56 Å². The van der Waals surface area contributed by atoms with Gasteiger partial charge >= 0.3 is 0 Å². The number of hydrogen-bond acceptors (Lipinski definition) is 4. The van der Waals surface area contributed by atoms with Crippen molar-refractivity contribution in [2.24, 2.45) is 0 Å². The van der Waals surface area contributed by atoms with Gasteiger partial charge in [0.2, 0.25) is 5.82 Å². The van der Waals surface area contributed by atoms with E-state index in [1.54, 1.807) is 0 Å². The van der Waals surface area contributed by atoms with Crippen molar-refractivity contribution in [3.8, 4) is 22.8 Å². The molecule has 0 saturated heterocycles. The monoisotopic (exact) mass is 329 g/mol. The van der Waals surface area contributed by atoms with Gasteiger partial charge in [-0.2, -0.15) is 4.98 Å². The van der Waals surface area contributed by atoms with Crippen LogP contribution in [0.2, 0.25) is 0 Å². The van der Waals surface area contributed by atoms with E-state index in [2.05, 4.69) is 26.1 Å². The van der Waals surface area contributed by atoms with Crippen LogP contribution < -0.4 is 5.73 Å². The molecule has 1 aromatic heterocycles. The SMILES string of the molecule is Cc1ccc(Br)c(-c2nc(-c3ccc(N)cc3)no2)c1. The fourth-order valence-electron chi connectivity index (χ4n) is 1.89. The van der Waals surface area contributed by atoms with Crippen LogP contribution in [0.25, 0.3) is 22.8 Å². The van der Waals surface area contributed by atoms with Gasteiger partial charge in [-0.25, -0.2) is 0 Å². The molecule has 0 aliphatic heterocycles. The fourth-order valence-corrected chi connectivity index (χ4v) is 2.30. The average molecular weight is 330 g/mol. The van der Waals surface area contributed by atoms with Crippen LogP contribution in [0, 0.1) is 6.92 Å². The summed E-state index contributed by atoms with van der Waals surface area (Å²) in [7, 11) is 0. The number of benzene rings is 2. The molecule has 0 amide bonds. The quantitative estimate of drug-likeness (QED) is 0.720. The molecule has 3 aromatic rings. The van der Waals surface area contributed by atoms with Gasteiger partial charge in [0.1, 0.15) is 0 Å². The second-order valence-electron chi connectivity index (χ2n) is 4.53. The molecule has 1 heterocycles. The number of nitrogens with zero attached hydrogens (tertiary/aromatic N) is 2. The Morgan fingerprint density at radius 2 is 1.85 bits per heavy atom. The van der Waals surface area contributed by atoms with Crippen LogP contribution in [-0.4, -0.2) is 10.1 Å². The van der Waals surface area contributed by atoms with E-state index >= 15 is 0 Å². The second kappa shape index (κ2) is 5.09. The molecule has 3 rings (SSSR count). The molecule has 20 heavy (non-hydrogen) atoms. The van der Waals surface area contributed by atoms with Gasteiger partial charge in [0, 0.05) is 15.7 Å². The standard InChI is InChI=1S/C15H12BrN3O/c1-9-2-7-13(16)12(8-9)15-18-14(19-20-15)10-3-5-11(17)6-4-10/h2-8H,17H2,1H3. The summed E-state index contributed by atoms with van der Waals surface area (Å²) in [6.45, 7) is 2.02. The van der Waals surface area contributed by atoms with Crippen LogP contribution in [0.15, 0.2) is 51.5 Å². The van der Waals surface area contributed by atoms with E-state index in [0.717, 1.165) is 21.2 Å². The van der Waals surface area contributed by atoms with Crippen molar-refractivity contribution < 1.29 is 4.52 Å². The zero-order valence-electron chi connectivity index (χ0n) is 10.8. The molecule has 0 aliphatic rings. The summed E-state index contributed by atoms with van der Waals surface area (Å²) < 4.78 is 6.28. The predicted molar refractivity (Wildman–Crippen MR) is 82.0 cm³/mol. The summed E-state index contributed by atoms with van der Waals surface area (Å²) in [6.07, 6.45) is 0. The van der Waals surface area contributed by atoms with E-state index in [0.29, 0.717) is 17.4 Å². The Morgan fingerprint density at radius 3 is 2.60 bits per heavy atom. The maximum Gasteiger partial charge on any atom is 0.259 e. The van der Waals surface area contributed by atoms with E-state index in [1.165, 1.54) is 0 Å². The smallest absolute Gasteiger partial charge is 0.259 e. The van der Waals surface area contributed by atoms with Crippen molar-refractivity contribution in [1.29, 1.82) is 0 Å². The molecular weight excluding hydrogens is 318 g/mol. The molecule has 4 nitrogen and oxygen atoms in total. The Balaban J connectivity index is 2.01. The highest BCUT2D eigenvalue weighted by Crippen LogP contribution is 2.29. The highest BCUT2D eigenvalue weighted by atomic mass is 79.9. The van der Waals surface area contributed by atoms with E-state index < -0.39 is 0 Å². The fraction of sp³-hybridized carbons (Fsp3) is 0.0667. The van der Waals surface area contributed by atoms with Crippen LogP contribution >= 0.6 is 15.9 Å². The molecule has 0 bridgehead atoms. The molecule has 100 valence electrons. The van der Waals surface area contributed by atoms with E-state index in [1.807, 2.05) is 49.4 Å². The van der Waals surface area contributed by atoms with Gasteiger partial charge in [-0.1, -0.05) is 16.8 Å². The van der Waals surface area contributed by atoms with Crippen LogP contribution in [0.5, 0.6) is 0 Å². The van der Waals surface area contributed by atoms with E-state index in [9.17, 15) is 0 Å². The highest BCUT2D eigenvalue weighted by molar-refractivity contribution is 9.10. The third-order valence-electron chi connectivity index (χ3n) is 2.95. The Bertz CT molecular complexity index is 750. The lowest BCUT2D eigenvalue weighted by Crippen LogP contribution is -1.85. The Hall–Kier alpha value is -2.14. The van der Waals surface area contributed by atoms with Crippen LogP contribution in [0.4, 0.5) is 5.69 Å². The van der Waals surface area contributed by atoms with Crippen LogP contribution in [0.3, 0.4) is 0 Å². The zero-order valence-corrected chi connectivity index (χ0v) is 12.4. The number of aryl methyl sites for hydroxylation is 1. The topological polar surface area (TPSA) is 64.9 Å². The molecule has 0 atom stereocenters. The lowest BCUT2D eigenvalue weighted by Gasteiger charge is -2.00. The lowest BCUT2D eigenvalue weighted by molar-refractivity contribution is 0.432. The first-order valence-corrected chi connectivity index (χ1v) is 6.89. The number of hydrogen-bond donors (Lipinski definition) is 1. The van der Waals surface area contributed by atoms with Crippen LogP contribution in [-0.2, 0) is 0 Å². The summed E-state index contributed by atoms with van der Waals surface area (Å²) in [4.78, 5) is 4.43. The number of rotatable bonds is 2. The third-order valence-corrected chi connectivity index (χ3v) is 3.64. The van der Waals surface area contributed by atoms with Gasteiger partial charge < -0.3 is 10.3 Å². The first-order valence-electron chi connectivity index (χ1n) is 6.09. The predicted octanol–water partition coefficient (Wildman–Crippen LogP) is 4.06. The summed E-state index contributed by atoms with van der Waals surface area (Å²) in [6, 6.07) is 13.4. The van der Waals surface area contributed by atoms with Crippen molar-refractivity contribution in [3.05, 3.63) is 52.5 Å². The van der Waals surface area contributed by atoms with Gasteiger partial charge in [-0.3, -0.25) is 0 Å². The summed E-state index contributed by atoms with van der Waals surface area (Å²) in [5.74, 6) is 1.04. The van der Waals surface area contributed by atoms with Crippen molar-refractivity contribution in [2.75, 3.05) is 5.73 Å². The van der Waals surface area contributed by atoms with Gasteiger partial charge in [-0.15, -0.1) is 0 Å². The molecule has 0 unspecified atom stereocenters. The van der Waals surface area contributed by atoms with Crippen LogP contribution in [0.1, 0.15) is 5.56 Å². The number of anilines is 1. The Morgan fingerprint density at radius 1 is 1.10 bits per heavy atom. The largest absolute Gasteiger partial charge is 0.399 e. The Kier molecular flexibility index (Phi) is 3.28. The van der Waals surface area contributed by atoms with Crippen molar-refractivity contribution >= 4 is 21.6 Å². The molecule has 2 N–H and O–H groups in total. The van der Waals surface area contributed by atoms with Gasteiger partial charge in [-0.05, 0) is 59.3 Å². The minimum Gasteiger partial charge on any atom is -0.399 e. The molecule has 2 aromatic carbocycles. The van der Waals surface area contributed by atoms with Gasteiger partial charge in [0.15, 0.2) is 0 Å². The maximum atomic E-state index is 5.67. The van der Waals surface area contributed by atoms with Crippen molar-refractivity contribution in [1.82, 2.24) is 10.1 Å². The lowest BCUT2D eigenvalue weighted by atomic mass is 10.1. The van der Waals surface area contributed by atoms with Crippen molar-refractivity contribution in [3.63, 3.8) is 0 Å². The number of nitrogen functional groups attached to an aromatic ring is 1. The first kappa shape index (κ1) is 12.9. The molecule has 0 aliphatic carbocycles. The molecule has 0 saturated carbocycles. The minimum absolute atomic E-state index is 0.493. The zero-order chi connectivity index (χ0) is 14.1. The first-order chi connectivity index (χ1) is 9.63. The molecule has 5 heteroatoms. The minimum atomic E-state index is 0.493. The number of aromatic nitrogens is 2. The normalized spacial score (nSPS) is 10.7. The maximum absolute atomic E-state index is 5.67. The third kappa shape index (κ3) is 2.44. The Labute approximate surface area is 124 Å². The van der Waals surface area contributed by atoms with E-state index in [-0.39, 0.29) is 0 Å².